The fourth-order valence-corrected chi connectivity index (χ4v) is 4.00. The normalized spacial score (nSPS) is 19.4. The first-order valence-electron chi connectivity index (χ1n) is 9.11. The topological polar surface area (TPSA) is 49.9 Å². The highest BCUT2D eigenvalue weighted by Gasteiger charge is 2.43. The zero-order valence-corrected chi connectivity index (χ0v) is 15.7. The van der Waals surface area contributed by atoms with E-state index in [0.29, 0.717) is 43.1 Å². The van der Waals surface area contributed by atoms with Gasteiger partial charge in [-0.2, -0.15) is 0 Å². The lowest BCUT2D eigenvalue weighted by atomic mass is 9.88. The third-order valence-corrected chi connectivity index (χ3v) is 5.71. The van der Waals surface area contributed by atoms with E-state index in [9.17, 15) is 9.59 Å². The van der Waals surface area contributed by atoms with Crippen molar-refractivity contribution in [1.29, 1.82) is 0 Å². The lowest BCUT2D eigenvalue weighted by Gasteiger charge is -2.47. The van der Waals surface area contributed by atoms with Gasteiger partial charge in [0.05, 0.1) is 22.7 Å². The number of halogens is 1. The van der Waals surface area contributed by atoms with Crippen molar-refractivity contribution in [3.8, 4) is 0 Å². The van der Waals surface area contributed by atoms with E-state index < -0.39 is 5.60 Å². The molecule has 0 N–H and O–H groups in total. The number of amides is 2. The first-order valence-corrected chi connectivity index (χ1v) is 9.49. The van der Waals surface area contributed by atoms with Gasteiger partial charge in [0.2, 0.25) is 0 Å². The van der Waals surface area contributed by atoms with E-state index in [4.69, 9.17) is 16.3 Å². The van der Waals surface area contributed by atoms with Crippen LogP contribution in [-0.2, 0) is 9.53 Å². The maximum absolute atomic E-state index is 12.8. The Morgan fingerprint density at radius 3 is 2.37 bits per heavy atom. The predicted molar refractivity (Wildman–Crippen MR) is 104 cm³/mol. The number of carbonyl (C=O) groups is 2. The number of hydrogen-bond acceptors (Lipinski definition) is 3. The number of hydrogen-bond donors (Lipinski definition) is 0. The van der Waals surface area contributed by atoms with Crippen LogP contribution in [-0.4, -0.2) is 48.6 Å². The number of morpholine rings is 1. The molecular weight excluding hydrogens is 364 g/mol. The van der Waals surface area contributed by atoms with Crippen molar-refractivity contribution < 1.29 is 14.3 Å². The van der Waals surface area contributed by atoms with Gasteiger partial charge in [0.1, 0.15) is 6.61 Å². The number of rotatable bonds is 2. The molecule has 4 rings (SSSR count). The molecule has 2 saturated heterocycles. The molecule has 2 aromatic rings. The standard InChI is InChI=1S/C21H21ClN2O3/c22-18-9-5-4-8-17(18)20(26)23-12-10-21(11-13-23)15-24(19(25)14-27-21)16-6-2-1-3-7-16/h1-9H,10-15H2. The van der Waals surface area contributed by atoms with E-state index in [-0.39, 0.29) is 18.4 Å². The molecule has 2 amide bonds. The summed E-state index contributed by atoms with van der Waals surface area (Å²) in [5.74, 6) is -0.0800. The van der Waals surface area contributed by atoms with Crippen LogP contribution < -0.4 is 4.90 Å². The lowest BCUT2D eigenvalue weighted by Crippen LogP contribution is -2.59. The van der Waals surface area contributed by atoms with E-state index >= 15 is 0 Å². The van der Waals surface area contributed by atoms with Crippen LogP contribution in [0.15, 0.2) is 54.6 Å². The van der Waals surface area contributed by atoms with Gasteiger partial charge in [0, 0.05) is 18.8 Å². The lowest BCUT2D eigenvalue weighted by molar-refractivity contribution is -0.143. The van der Waals surface area contributed by atoms with Gasteiger partial charge in [0.25, 0.3) is 11.8 Å². The van der Waals surface area contributed by atoms with E-state index in [1.54, 1.807) is 17.0 Å². The number of likely N-dealkylation sites (tertiary alicyclic amines) is 1. The Morgan fingerprint density at radius 2 is 1.67 bits per heavy atom. The highest BCUT2D eigenvalue weighted by atomic mass is 35.5. The fraction of sp³-hybridized carbons (Fsp3) is 0.333. The highest BCUT2D eigenvalue weighted by Crippen LogP contribution is 2.33. The second-order valence-corrected chi connectivity index (χ2v) is 7.47. The van der Waals surface area contributed by atoms with Gasteiger partial charge in [-0.25, -0.2) is 0 Å². The van der Waals surface area contributed by atoms with E-state index in [0.717, 1.165) is 5.69 Å². The van der Waals surface area contributed by atoms with E-state index in [2.05, 4.69) is 0 Å². The Kier molecular flexibility index (Phi) is 4.89. The van der Waals surface area contributed by atoms with Crippen LogP contribution >= 0.6 is 11.6 Å². The summed E-state index contributed by atoms with van der Waals surface area (Å²) in [5, 5.41) is 0.470. The van der Waals surface area contributed by atoms with Crippen molar-refractivity contribution in [2.75, 3.05) is 31.1 Å². The van der Waals surface area contributed by atoms with Gasteiger partial charge >= 0.3 is 0 Å². The Hall–Kier alpha value is -2.37. The summed E-state index contributed by atoms with van der Waals surface area (Å²) in [6.07, 6.45) is 1.39. The summed E-state index contributed by atoms with van der Waals surface area (Å²) in [5.41, 5.74) is 1.02. The quantitative estimate of drug-likeness (QED) is 0.797. The smallest absolute Gasteiger partial charge is 0.255 e. The van der Waals surface area contributed by atoms with Crippen LogP contribution in [0.25, 0.3) is 0 Å². The molecule has 2 aliphatic heterocycles. The molecule has 2 fully saturated rings. The minimum absolute atomic E-state index is 0.0265. The molecule has 140 valence electrons. The van der Waals surface area contributed by atoms with Crippen LogP contribution in [0.2, 0.25) is 5.02 Å². The van der Waals surface area contributed by atoms with Crippen molar-refractivity contribution in [1.82, 2.24) is 4.90 Å². The van der Waals surface area contributed by atoms with Gasteiger partial charge in [-0.15, -0.1) is 0 Å². The van der Waals surface area contributed by atoms with Crippen LogP contribution in [0.4, 0.5) is 5.69 Å². The van der Waals surface area contributed by atoms with Crippen LogP contribution in [0.3, 0.4) is 0 Å². The van der Waals surface area contributed by atoms with Crippen LogP contribution in [0.1, 0.15) is 23.2 Å². The third-order valence-electron chi connectivity index (χ3n) is 5.38. The van der Waals surface area contributed by atoms with E-state index in [1.807, 2.05) is 47.4 Å². The summed E-state index contributed by atoms with van der Waals surface area (Å²) in [6.45, 7) is 1.76. The van der Waals surface area contributed by atoms with Crippen molar-refractivity contribution >= 4 is 29.1 Å². The monoisotopic (exact) mass is 384 g/mol. The number of piperidine rings is 1. The molecule has 2 heterocycles. The molecule has 1 spiro atoms. The maximum Gasteiger partial charge on any atom is 0.255 e. The number of para-hydroxylation sites is 1. The molecule has 27 heavy (non-hydrogen) atoms. The SMILES string of the molecule is O=C(c1ccccc1Cl)N1CCC2(CC1)CN(c1ccccc1)C(=O)CO2. The minimum Gasteiger partial charge on any atom is -0.363 e. The summed E-state index contributed by atoms with van der Waals surface area (Å²) in [7, 11) is 0. The zero-order valence-electron chi connectivity index (χ0n) is 14.9. The van der Waals surface area contributed by atoms with Crippen molar-refractivity contribution in [3.63, 3.8) is 0 Å². The Morgan fingerprint density at radius 1 is 1.00 bits per heavy atom. The molecule has 5 nitrogen and oxygen atoms in total. The molecule has 2 aromatic carbocycles. The van der Waals surface area contributed by atoms with Crippen LogP contribution in [0.5, 0.6) is 0 Å². The minimum atomic E-state index is -0.402. The Labute approximate surface area is 163 Å². The number of nitrogens with zero attached hydrogens (tertiary/aromatic N) is 2. The molecule has 6 heteroatoms. The number of carbonyl (C=O) groups excluding carboxylic acids is 2. The molecule has 0 aliphatic carbocycles. The van der Waals surface area contributed by atoms with Crippen molar-refractivity contribution in [2.45, 2.75) is 18.4 Å². The third kappa shape index (κ3) is 3.57. The van der Waals surface area contributed by atoms with Gasteiger partial charge in [0.15, 0.2) is 0 Å². The summed E-state index contributed by atoms with van der Waals surface area (Å²) in [6, 6.07) is 16.8. The zero-order chi connectivity index (χ0) is 18.9. The van der Waals surface area contributed by atoms with Gasteiger partial charge in [-0.05, 0) is 37.1 Å². The average Bonchev–Trinajstić information content (AvgIpc) is 2.71. The molecule has 0 saturated carbocycles. The molecule has 2 aliphatic rings. The largest absolute Gasteiger partial charge is 0.363 e. The first kappa shape index (κ1) is 18.0. The summed E-state index contributed by atoms with van der Waals surface area (Å²) in [4.78, 5) is 28.7. The number of anilines is 1. The number of benzene rings is 2. The van der Waals surface area contributed by atoms with E-state index in [1.165, 1.54) is 0 Å². The fourth-order valence-electron chi connectivity index (χ4n) is 3.78. The highest BCUT2D eigenvalue weighted by molar-refractivity contribution is 6.33. The maximum atomic E-state index is 12.8. The summed E-state index contributed by atoms with van der Waals surface area (Å²) >= 11 is 6.17. The number of ether oxygens (including phenoxy) is 1. The molecule has 0 atom stereocenters. The molecule has 0 radical (unpaired) electrons. The van der Waals surface area contributed by atoms with Gasteiger partial charge in [-0.1, -0.05) is 41.9 Å². The van der Waals surface area contributed by atoms with Crippen LogP contribution in [0, 0.1) is 0 Å². The molecule has 0 unspecified atom stereocenters. The molecule has 0 aromatic heterocycles. The van der Waals surface area contributed by atoms with Crippen molar-refractivity contribution in [2.24, 2.45) is 0 Å². The van der Waals surface area contributed by atoms with Crippen molar-refractivity contribution in [3.05, 3.63) is 65.2 Å². The Balaban J connectivity index is 1.46. The van der Waals surface area contributed by atoms with Gasteiger partial charge in [-0.3, -0.25) is 9.59 Å². The second kappa shape index (κ2) is 7.33. The molecular formula is C21H21ClN2O3. The Bertz CT molecular complexity index is 848. The second-order valence-electron chi connectivity index (χ2n) is 7.06. The predicted octanol–water partition coefficient (Wildman–Crippen LogP) is 3.38. The molecule has 0 bridgehead atoms. The average molecular weight is 385 g/mol. The summed E-state index contributed by atoms with van der Waals surface area (Å²) < 4.78 is 5.97. The van der Waals surface area contributed by atoms with Gasteiger partial charge < -0.3 is 14.5 Å². The first-order chi connectivity index (χ1) is 13.1.